The van der Waals surface area contributed by atoms with Crippen LogP contribution in [0, 0.1) is 38.7 Å². The first-order valence-electron chi connectivity index (χ1n) is 12.6. The van der Waals surface area contributed by atoms with Gasteiger partial charge in [-0.05, 0) is 45.1 Å². The zero-order valence-electron chi connectivity index (χ0n) is 21.7. The predicted molar refractivity (Wildman–Crippen MR) is 142 cm³/mol. The molecule has 1 aliphatic carbocycles. The minimum absolute atomic E-state index is 0.102. The molecule has 1 unspecified atom stereocenters. The number of pyridine rings is 1. The molecule has 188 valence electrons. The summed E-state index contributed by atoms with van der Waals surface area (Å²) >= 11 is 0. The number of likely N-dealkylation sites (tertiary alicyclic amines) is 1. The van der Waals surface area contributed by atoms with Crippen LogP contribution in [-0.4, -0.2) is 50.1 Å². The summed E-state index contributed by atoms with van der Waals surface area (Å²) in [5.41, 5.74) is 7.05. The fraction of sp³-hybridized carbons (Fsp3) is 0.414. The van der Waals surface area contributed by atoms with Crippen LogP contribution in [0.3, 0.4) is 0 Å². The van der Waals surface area contributed by atoms with Crippen molar-refractivity contribution in [2.45, 2.75) is 52.1 Å². The summed E-state index contributed by atoms with van der Waals surface area (Å²) in [4.78, 5) is 32.5. The van der Waals surface area contributed by atoms with Crippen molar-refractivity contribution in [2.75, 3.05) is 13.7 Å². The Bertz CT molecular complexity index is 1520. The first kappa shape index (κ1) is 24.5. The van der Waals surface area contributed by atoms with E-state index >= 15 is 0 Å². The van der Waals surface area contributed by atoms with E-state index in [4.69, 9.17) is 17.7 Å². The SMILES string of the molecule is [C-]#[N+][C@@H]1CCCN1C(=O)C1CC=C(c2c(-c3c(OC)cc(C#C)nc3C)n(C)c3ncnc(C)c23)CC1. The number of allylic oxidation sites excluding steroid dienone is 2. The summed E-state index contributed by atoms with van der Waals surface area (Å²) in [5, 5.41) is 0.992. The Morgan fingerprint density at radius 2 is 2.05 bits per heavy atom. The van der Waals surface area contributed by atoms with Crippen LogP contribution in [0.4, 0.5) is 0 Å². The van der Waals surface area contributed by atoms with Gasteiger partial charge >= 0.3 is 6.17 Å². The fourth-order valence-electron chi connectivity index (χ4n) is 5.83. The highest BCUT2D eigenvalue weighted by molar-refractivity contribution is 6.02. The van der Waals surface area contributed by atoms with Crippen molar-refractivity contribution in [3.63, 3.8) is 0 Å². The molecule has 0 radical (unpaired) electrons. The monoisotopic (exact) mass is 494 g/mol. The number of hydrogen-bond acceptors (Lipinski definition) is 5. The molecule has 1 saturated heterocycles. The Morgan fingerprint density at radius 1 is 1.24 bits per heavy atom. The van der Waals surface area contributed by atoms with Crippen LogP contribution in [0.1, 0.15) is 54.7 Å². The van der Waals surface area contributed by atoms with Crippen LogP contribution >= 0.6 is 0 Å². The topological polar surface area (TPSA) is 77.5 Å². The number of amides is 1. The van der Waals surface area contributed by atoms with Gasteiger partial charge in [0.2, 0.25) is 5.91 Å². The molecule has 1 amide bonds. The number of fused-ring (bicyclic) bond motifs is 1. The molecule has 0 saturated carbocycles. The quantitative estimate of drug-likeness (QED) is 0.389. The Labute approximate surface area is 217 Å². The molecule has 3 aromatic heterocycles. The molecule has 2 atom stereocenters. The van der Waals surface area contributed by atoms with Crippen molar-refractivity contribution in [1.82, 2.24) is 24.4 Å². The number of carbonyl (C=O) groups excluding carboxylic acids is 1. The Balaban J connectivity index is 1.63. The maximum absolute atomic E-state index is 13.2. The Morgan fingerprint density at radius 3 is 2.73 bits per heavy atom. The number of ether oxygens (including phenoxy) is 1. The van der Waals surface area contributed by atoms with E-state index in [9.17, 15) is 4.79 Å². The first-order chi connectivity index (χ1) is 17.9. The van der Waals surface area contributed by atoms with Gasteiger partial charge in [-0.15, -0.1) is 6.42 Å². The van der Waals surface area contributed by atoms with Gasteiger partial charge in [-0.1, -0.05) is 12.0 Å². The van der Waals surface area contributed by atoms with Gasteiger partial charge in [0.05, 0.1) is 29.8 Å². The van der Waals surface area contributed by atoms with Crippen LogP contribution < -0.4 is 4.74 Å². The lowest BCUT2D eigenvalue weighted by Crippen LogP contribution is -2.38. The van der Waals surface area contributed by atoms with Crippen molar-refractivity contribution in [2.24, 2.45) is 13.0 Å². The number of methoxy groups -OCH3 is 1. The minimum Gasteiger partial charge on any atom is -0.496 e. The maximum atomic E-state index is 13.2. The summed E-state index contributed by atoms with van der Waals surface area (Å²) in [6, 6.07) is 1.79. The predicted octanol–water partition coefficient (Wildman–Crippen LogP) is 4.69. The molecular weight excluding hydrogens is 464 g/mol. The third-order valence-corrected chi connectivity index (χ3v) is 7.66. The summed E-state index contributed by atoms with van der Waals surface area (Å²) in [6.45, 7) is 12.1. The molecule has 5 rings (SSSR count). The van der Waals surface area contributed by atoms with Crippen LogP contribution in [0.2, 0.25) is 0 Å². The van der Waals surface area contributed by atoms with Gasteiger partial charge < -0.3 is 9.30 Å². The van der Waals surface area contributed by atoms with E-state index < -0.39 is 0 Å². The molecule has 0 spiro atoms. The van der Waals surface area contributed by atoms with Crippen molar-refractivity contribution in [3.05, 3.63) is 52.5 Å². The molecule has 37 heavy (non-hydrogen) atoms. The number of rotatable bonds is 4. The average Bonchev–Trinajstić information content (AvgIpc) is 3.51. The standard InChI is InChI=1S/C29H30N6O2/c1-7-21-15-22(37-6)24(18(3)33-21)27-26(25-17(2)31-16-32-28(25)34(27)5)19-10-12-20(13-11-19)29(36)35-14-8-9-23(35)30-4/h1,10,15-16,20,23H,8-9,11-14H2,2-3,5-6H3/t20?,23-/m0/s1. The third kappa shape index (κ3) is 4.03. The van der Waals surface area contributed by atoms with Gasteiger partial charge in [0.25, 0.3) is 0 Å². The lowest BCUT2D eigenvalue weighted by atomic mass is 9.84. The van der Waals surface area contributed by atoms with E-state index in [1.165, 1.54) is 0 Å². The van der Waals surface area contributed by atoms with Gasteiger partial charge in [0, 0.05) is 42.9 Å². The Kier molecular flexibility index (Phi) is 6.43. The van der Waals surface area contributed by atoms with E-state index in [-0.39, 0.29) is 18.0 Å². The number of hydrogen-bond donors (Lipinski definition) is 0. The van der Waals surface area contributed by atoms with Crippen LogP contribution in [0.15, 0.2) is 18.5 Å². The smallest absolute Gasteiger partial charge is 0.300 e. The normalized spacial score (nSPS) is 19.4. The molecule has 0 aromatic carbocycles. The second-order valence-electron chi connectivity index (χ2n) is 9.74. The molecular formula is C29H30N6O2. The lowest BCUT2D eigenvalue weighted by Gasteiger charge is -2.26. The molecule has 1 aliphatic heterocycles. The fourth-order valence-corrected chi connectivity index (χ4v) is 5.83. The van der Waals surface area contributed by atoms with E-state index in [1.54, 1.807) is 24.4 Å². The highest BCUT2D eigenvalue weighted by atomic mass is 16.5. The minimum atomic E-state index is -0.309. The number of nitrogens with zero attached hydrogens (tertiary/aromatic N) is 6. The molecule has 8 heteroatoms. The van der Waals surface area contributed by atoms with Crippen LogP contribution in [-0.2, 0) is 11.8 Å². The zero-order valence-corrected chi connectivity index (χ0v) is 21.7. The zero-order chi connectivity index (χ0) is 26.3. The summed E-state index contributed by atoms with van der Waals surface area (Å²) in [6.07, 6.45) is 12.9. The van der Waals surface area contributed by atoms with Gasteiger partial charge in [-0.2, -0.15) is 0 Å². The molecule has 2 aliphatic rings. The Hall–Kier alpha value is -4.17. The molecule has 0 bridgehead atoms. The summed E-state index contributed by atoms with van der Waals surface area (Å²) in [5.74, 6) is 3.27. The van der Waals surface area contributed by atoms with Crippen molar-refractivity contribution < 1.29 is 9.53 Å². The summed E-state index contributed by atoms with van der Waals surface area (Å²) < 4.78 is 7.87. The second-order valence-corrected chi connectivity index (χ2v) is 9.74. The maximum Gasteiger partial charge on any atom is 0.300 e. The molecule has 4 heterocycles. The molecule has 3 aromatic rings. The molecule has 0 N–H and O–H groups in total. The number of terminal acetylenes is 1. The summed E-state index contributed by atoms with van der Waals surface area (Å²) in [7, 11) is 3.63. The van der Waals surface area contributed by atoms with Gasteiger partial charge in [-0.25, -0.2) is 21.5 Å². The van der Waals surface area contributed by atoms with Crippen molar-refractivity contribution in [3.8, 4) is 29.4 Å². The van der Waals surface area contributed by atoms with Crippen molar-refractivity contribution in [1.29, 1.82) is 0 Å². The van der Waals surface area contributed by atoms with Crippen LogP contribution in [0.5, 0.6) is 5.75 Å². The van der Waals surface area contributed by atoms with Crippen LogP contribution in [0.25, 0.3) is 32.7 Å². The van der Waals surface area contributed by atoms with E-state index in [1.807, 2.05) is 20.9 Å². The van der Waals surface area contributed by atoms with E-state index in [0.29, 0.717) is 24.4 Å². The van der Waals surface area contributed by atoms with Gasteiger partial charge in [0.15, 0.2) is 0 Å². The van der Waals surface area contributed by atoms with Gasteiger partial charge in [0.1, 0.15) is 23.4 Å². The number of aryl methyl sites for hydroxylation is 3. The third-order valence-electron chi connectivity index (χ3n) is 7.66. The number of aromatic nitrogens is 4. The first-order valence-corrected chi connectivity index (χ1v) is 12.6. The highest BCUT2D eigenvalue weighted by Gasteiger charge is 2.37. The number of carbonyl (C=O) groups is 1. The lowest BCUT2D eigenvalue weighted by molar-refractivity contribution is -0.135. The largest absolute Gasteiger partial charge is 0.496 e. The van der Waals surface area contributed by atoms with Gasteiger partial charge in [-0.3, -0.25) is 14.5 Å². The molecule has 1 fully saturated rings. The van der Waals surface area contributed by atoms with E-state index in [0.717, 1.165) is 70.5 Å². The second kappa shape index (κ2) is 9.71. The van der Waals surface area contributed by atoms with Crippen molar-refractivity contribution >= 4 is 22.5 Å². The van der Waals surface area contributed by atoms with E-state index in [2.05, 4.69) is 36.4 Å². The molecule has 8 nitrogen and oxygen atoms in total. The average molecular weight is 495 g/mol. The highest BCUT2D eigenvalue weighted by Crippen LogP contribution is 2.45.